The quantitative estimate of drug-likeness (QED) is 0.342. The van der Waals surface area contributed by atoms with Gasteiger partial charge >= 0.3 is 0 Å². The second-order valence-electron chi connectivity index (χ2n) is 7.77. The molecule has 0 fully saturated rings. The molecule has 0 saturated heterocycles. The number of ether oxygens (including phenoxy) is 1. The summed E-state index contributed by atoms with van der Waals surface area (Å²) in [5, 5.41) is 6.39. The summed E-state index contributed by atoms with van der Waals surface area (Å²) >= 11 is 3.44. The Hall–Kier alpha value is -1.78. The molecule has 3 heterocycles. The smallest absolute Gasteiger partial charge is 0.162 e. The Morgan fingerprint density at radius 1 is 0.880 bits per heavy atom. The summed E-state index contributed by atoms with van der Waals surface area (Å²) in [6.07, 6.45) is 0. The van der Waals surface area contributed by atoms with Crippen LogP contribution in [0.5, 0.6) is 11.5 Å². The zero-order chi connectivity index (χ0) is 17.9. The zero-order valence-corrected chi connectivity index (χ0v) is 17.2. The molecule has 0 radical (unpaired) electrons. The molecule has 3 aromatic rings. The Morgan fingerprint density at radius 3 is 2.20 bits per heavy atom. The molecule has 2 aromatic heterocycles. The molecule has 0 atom stereocenters. The van der Waals surface area contributed by atoms with Gasteiger partial charge in [0.25, 0.3) is 0 Å². The Kier molecular flexibility index (Phi) is 3.74. The van der Waals surface area contributed by atoms with E-state index >= 15 is 0 Å². The lowest BCUT2D eigenvalue weighted by molar-refractivity contribution is 0.481. The summed E-state index contributed by atoms with van der Waals surface area (Å²) in [5.41, 5.74) is 7.75. The molecule has 130 valence electrons. The highest BCUT2D eigenvalue weighted by molar-refractivity contribution is 7.11. The number of thiophene rings is 2. The van der Waals surface area contributed by atoms with E-state index in [9.17, 15) is 0 Å². The number of anilines is 3. The van der Waals surface area contributed by atoms with Crippen LogP contribution in [0.3, 0.4) is 0 Å². The summed E-state index contributed by atoms with van der Waals surface area (Å²) in [6.45, 7) is 13.4. The molecule has 0 bridgehead atoms. The molecule has 25 heavy (non-hydrogen) atoms. The van der Waals surface area contributed by atoms with Gasteiger partial charge in [0, 0.05) is 21.0 Å². The monoisotopic (exact) mass is 369 g/mol. The van der Waals surface area contributed by atoms with Crippen LogP contribution in [0.15, 0.2) is 28.3 Å². The standard InChI is InChI=1S/C21H23NOS2/c1-12-7-15(21(4,5)6)8-13(2)19(12)22-16-9-24-10-17(16)23-18-11-25-14(3)20(18)22/h7-11H,1-6H3. The van der Waals surface area contributed by atoms with Crippen molar-refractivity contribution in [1.82, 2.24) is 0 Å². The van der Waals surface area contributed by atoms with E-state index in [1.54, 1.807) is 22.7 Å². The molecular weight excluding hydrogens is 346 g/mol. The third kappa shape index (κ3) is 2.59. The molecule has 2 nitrogen and oxygen atoms in total. The van der Waals surface area contributed by atoms with Gasteiger partial charge in [-0.25, -0.2) is 0 Å². The van der Waals surface area contributed by atoms with Crippen LogP contribution in [0.25, 0.3) is 0 Å². The zero-order valence-electron chi connectivity index (χ0n) is 15.6. The number of fused-ring (bicyclic) bond motifs is 2. The van der Waals surface area contributed by atoms with Crippen LogP contribution in [0.1, 0.15) is 42.3 Å². The first-order valence-corrected chi connectivity index (χ1v) is 10.3. The predicted molar refractivity (Wildman–Crippen MR) is 110 cm³/mol. The molecule has 0 saturated carbocycles. The molecule has 0 amide bonds. The van der Waals surface area contributed by atoms with Gasteiger partial charge in [0.15, 0.2) is 11.5 Å². The van der Waals surface area contributed by atoms with E-state index in [1.807, 2.05) is 0 Å². The average Bonchev–Trinajstić information content (AvgIpc) is 3.12. The fraction of sp³-hybridized carbons (Fsp3) is 0.333. The van der Waals surface area contributed by atoms with Crippen molar-refractivity contribution in [1.29, 1.82) is 0 Å². The predicted octanol–water partition coefficient (Wildman–Crippen LogP) is 7.61. The van der Waals surface area contributed by atoms with Crippen molar-refractivity contribution < 1.29 is 4.74 Å². The summed E-state index contributed by atoms with van der Waals surface area (Å²) in [7, 11) is 0. The first kappa shape index (κ1) is 16.7. The van der Waals surface area contributed by atoms with Crippen molar-refractivity contribution in [3.05, 3.63) is 49.8 Å². The van der Waals surface area contributed by atoms with Crippen molar-refractivity contribution in [2.75, 3.05) is 4.90 Å². The molecule has 0 aliphatic carbocycles. The second-order valence-corrected chi connectivity index (χ2v) is 9.60. The Balaban J connectivity index is 1.96. The number of hydrogen-bond donors (Lipinski definition) is 0. The molecular formula is C21H23NOS2. The molecule has 1 aliphatic rings. The normalized spacial score (nSPS) is 13.4. The van der Waals surface area contributed by atoms with Crippen LogP contribution in [-0.2, 0) is 5.41 Å². The minimum absolute atomic E-state index is 0.149. The second kappa shape index (κ2) is 5.61. The molecule has 1 aliphatic heterocycles. The van der Waals surface area contributed by atoms with Gasteiger partial charge in [-0.05, 0) is 42.9 Å². The first-order chi connectivity index (χ1) is 11.8. The molecule has 0 spiro atoms. The van der Waals surface area contributed by atoms with Gasteiger partial charge in [0.1, 0.15) is 11.4 Å². The molecule has 0 N–H and O–H groups in total. The van der Waals surface area contributed by atoms with Crippen LogP contribution in [0, 0.1) is 20.8 Å². The van der Waals surface area contributed by atoms with Crippen LogP contribution in [0.2, 0.25) is 0 Å². The van der Waals surface area contributed by atoms with Crippen molar-refractivity contribution >= 4 is 39.7 Å². The fourth-order valence-corrected chi connectivity index (χ4v) is 4.96. The molecule has 4 heteroatoms. The summed E-state index contributed by atoms with van der Waals surface area (Å²) in [5.74, 6) is 1.92. The largest absolute Gasteiger partial charge is 0.451 e. The lowest BCUT2D eigenvalue weighted by Gasteiger charge is -2.33. The Bertz CT molecular complexity index is 936. The maximum absolute atomic E-state index is 6.13. The number of nitrogens with zero attached hydrogens (tertiary/aromatic N) is 1. The minimum atomic E-state index is 0.149. The van der Waals surface area contributed by atoms with Crippen molar-refractivity contribution in [2.45, 2.75) is 47.0 Å². The summed E-state index contributed by atoms with van der Waals surface area (Å²) in [6, 6.07) is 4.68. The topological polar surface area (TPSA) is 12.5 Å². The number of benzene rings is 1. The van der Waals surface area contributed by atoms with E-state index in [-0.39, 0.29) is 5.41 Å². The maximum atomic E-state index is 6.13. The van der Waals surface area contributed by atoms with Crippen LogP contribution >= 0.6 is 22.7 Å². The SMILES string of the molecule is Cc1cc(C(C)(C)C)cc(C)c1N1c2cscc2Oc2csc(C)c21. The van der Waals surface area contributed by atoms with Gasteiger partial charge in [-0.2, -0.15) is 0 Å². The van der Waals surface area contributed by atoms with Crippen LogP contribution in [0.4, 0.5) is 17.1 Å². The molecule has 4 rings (SSSR count). The van der Waals surface area contributed by atoms with Gasteiger partial charge in [-0.3, -0.25) is 0 Å². The minimum Gasteiger partial charge on any atom is -0.451 e. The Labute approximate surface area is 157 Å². The van der Waals surface area contributed by atoms with Gasteiger partial charge in [-0.15, -0.1) is 22.7 Å². The lowest BCUT2D eigenvalue weighted by Crippen LogP contribution is -2.18. The van der Waals surface area contributed by atoms with Crippen LogP contribution < -0.4 is 9.64 Å². The number of aryl methyl sites for hydroxylation is 3. The van der Waals surface area contributed by atoms with Gasteiger partial charge in [-0.1, -0.05) is 32.9 Å². The maximum Gasteiger partial charge on any atom is 0.162 e. The van der Waals surface area contributed by atoms with Gasteiger partial charge < -0.3 is 9.64 Å². The first-order valence-electron chi connectivity index (χ1n) is 8.51. The van der Waals surface area contributed by atoms with Gasteiger partial charge in [0.2, 0.25) is 0 Å². The summed E-state index contributed by atoms with van der Waals surface area (Å²) in [4.78, 5) is 3.68. The van der Waals surface area contributed by atoms with E-state index in [4.69, 9.17) is 4.74 Å². The third-order valence-electron chi connectivity index (χ3n) is 4.78. The van der Waals surface area contributed by atoms with E-state index in [1.165, 1.54) is 32.9 Å². The van der Waals surface area contributed by atoms with Crippen molar-refractivity contribution in [2.24, 2.45) is 0 Å². The van der Waals surface area contributed by atoms with E-state index in [0.29, 0.717) is 0 Å². The number of hydrogen-bond acceptors (Lipinski definition) is 4. The molecule has 0 unspecified atom stereocenters. The fourth-order valence-electron chi connectivity index (χ4n) is 3.50. The third-order valence-corrected chi connectivity index (χ3v) is 6.37. The van der Waals surface area contributed by atoms with E-state index in [0.717, 1.165) is 17.2 Å². The summed E-state index contributed by atoms with van der Waals surface area (Å²) < 4.78 is 6.13. The van der Waals surface area contributed by atoms with E-state index in [2.05, 4.69) is 74.7 Å². The van der Waals surface area contributed by atoms with Crippen molar-refractivity contribution in [3.63, 3.8) is 0 Å². The van der Waals surface area contributed by atoms with Crippen LogP contribution in [-0.4, -0.2) is 0 Å². The average molecular weight is 370 g/mol. The Morgan fingerprint density at radius 2 is 1.56 bits per heavy atom. The highest BCUT2D eigenvalue weighted by atomic mass is 32.1. The van der Waals surface area contributed by atoms with Crippen molar-refractivity contribution in [3.8, 4) is 11.5 Å². The highest BCUT2D eigenvalue weighted by Crippen LogP contribution is 2.56. The lowest BCUT2D eigenvalue weighted by atomic mass is 9.84. The molecule has 1 aromatic carbocycles. The van der Waals surface area contributed by atoms with E-state index < -0.39 is 0 Å². The highest BCUT2D eigenvalue weighted by Gasteiger charge is 2.31. The van der Waals surface area contributed by atoms with Gasteiger partial charge in [0.05, 0.1) is 5.69 Å². The number of rotatable bonds is 1.